The Balaban J connectivity index is 2.09. The van der Waals surface area contributed by atoms with Gasteiger partial charge >= 0.3 is 5.97 Å². The molecule has 2 aliphatic rings. The summed E-state index contributed by atoms with van der Waals surface area (Å²) in [6.45, 7) is 7.13. The standard InChI is InChI=1S/C17H29NO3/c1-11(2)13-8-7-12(3)10-14(13)16(19)18(4)15-6-5-9-21-17(15)20/h11-15H,5-10H2,1-4H3/t12-,13+,14-,15-/m1/s1. The molecule has 1 amide bonds. The summed E-state index contributed by atoms with van der Waals surface area (Å²) in [5.41, 5.74) is 0. The minimum Gasteiger partial charge on any atom is -0.464 e. The summed E-state index contributed by atoms with van der Waals surface area (Å²) >= 11 is 0. The molecule has 21 heavy (non-hydrogen) atoms. The monoisotopic (exact) mass is 295 g/mol. The third kappa shape index (κ3) is 3.58. The zero-order valence-corrected chi connectivity index (χ0v) is 13.8. The number of carbonyl (C=O) groups is 2. The van der Waals surface area contributed by atoms with Crippen LogP contribution in [0.3, 0.4) is 0 Å². The Morgan fingerprint density at radius 3 is 2.62 bits per heavy atom. The van der Waals surface area contributed by atoms with Gasteiger partial charge in [0.25, 0.3) is 0 Å². The van der Waals surface area contributed by atoms with E-state index in [0.29, 0.717) is 24.4 Å². The highest BCUT2D eigenvalue weighted by Crippen LogP contribution is 2.39. The Hall–Kier alpha value is -1.06. The molecule has 1 saturated carbocycles. The lowest BCUT2D eigenvalue weighted by atomic mass is 9.69. The van der Waals surface area contributed by atoms with E-state index in [1.807, 2.05) is 0 Å². The predicted molar refractivity (Wildman–Crippen MR) is 81.6 cm³/mol. The molecule has 0 spiro atoms. The summed E-state index contributed by atoms with van der Waals surface area (Å²) in [5, 5.41) is 0. The number of carbonyl (C=O) groups excluding carboxylic acids is 2. The van der Waals surface area contributed by atoms with E-state index in [4.69, 9.17) is 4.74 Å². The van der Waals surface area contributed by atoms with Crippen LogP contribution in [-0.4, -0.2) is 36.5 Å². The predicted octanol–water partition coefficient (Wildman–Crippen LogP) is 2.86. The number of cyclic esters (lactones) is 1. The molecule has 1 saturated heterocycles. The second-order valence-electron chi connectivity index (χ2n) is 7.21. The van der Waals surface area contributed by atoms with Gasteiger partial charge in [-0.3, -0.25) is 4.79 Å². The molecule has 1 aliphatic carbocycles. The molecule has 0 aromatic heterocycles. The lowest BCUT2D eigenvalue weighted by Gasteiger charge is -2.40. The van der Waals surface area contributed by atoms with Crippen LogP contribution < -0.4 is 0 Å². The van der Waals surface area contributed by atoms with E-state index in [-0.39, 0.29) is 23.8 Å². The van der Waals surface area contributed by atoms with Crippen molar-refractivity contribution in [3.05, 3.63) is 0 Å². The molecule has 0 aromatic rings. The fraction of sp³-hybridized carbons (Fsp3) is 0.882. The SMILES string of the molecule is CC(C)[C@@H]1CC[C@@H](C)C[C@H]1C(=O)N(C)[C@@H]1CCCOC1=O. The lowest BCUT2D eigenvalue weighted by Crippen LogP contribution is -2.50. The van der Waals surface area contributed by atoms with Gasteiger partial charge in [0.1, 0.15) is 6.04 Å². The molecule has 120 valence electrons. The van der Waals surface area contributed by atoms with Crippen molar-refractivity contribution in [2.24, 2.45) is 23.7 Å². The fourth-order valence-electron chi connectivity index (χ4n) is 3.92. The van der Waals surface area contributed by atoms with E-state index in [0.717, 1.165) is 25.7 Å². The van der Waals surface area contributed by atoms with Crippen LogP contribution in [-0.2, 0) is 14.3 Å². The molecule has 0 bridgehead atoms. The third-order valence-electron chi connectivity index (χ3n) is 5.29. The van der Waals surface area contributed by atoms with Gasteiger partial charge in [0.2, 0.25) is 5.91 Å². The van der Waals surface area contributed by atoms with Crippen molar-refractivity contribution < 1.29 is 14.3 Å². The highest BCUT2D eigenvalue weighted by atomic mass is 16.5. The first kappa shape index (κ1) is 16.3. The zero-order valence-electron chi connectivity index (χ0n) is 13.8. The summed E-state index contributed by atoms with van der Waals surface area (Å²) in [6, 6.07) is -0.378. The number of hydrogen-bond acceptors (Lipinski definition) is 3. The normalized spacial score (nSPS) is 33.7. The second-order valence-corrected chi connectivity index (χ2v) is 7.21. The van der Waals surface area contributed by atoms with E-state index in [9.17, 15) is 9.59 Å². The molecule has 0 radical (unpaired) electrons. The van der Waals surface area contributed by atoms with Crippen LogP contribution in [0.15, 0.2) is 0 Å². The molecular formula is C17H29NO3. The fourth-order valence-corrected chi connectivity index (χ4v) is 3.92. The van der Waals surface area contributed by atoms with Gasteiger partial charge in [0.05, 0.1) is 6.61 Å². The molecule has 2 fully saturated rings. The minimum absolute atomic E-state index is 0.0634. The van der Waals surface area contributed by atoms with Crippen molar-refractivity contribution in [2.75, 3.05) is 13.7 Å². The molecule has 0 N–H and O–H groups in total. The average molecular weight is 295 g/mol. The summed E-state index contributed by atoms with van der Waals surface area (Å²) in [6.07, 6.45) is 4.87. The summed E-state index contributed by atoms with van der Waals surface area (Å²) in [5.74, 6) is 1.52. The molecule has 4 atom stereocenters. The van der Waals surface area contributed by atoms with E-state index >= 15 is 0 Å². The van der Waals surface area contributed by atoms with Crippen LogP contribution in [0.2, 0.25) is 0 Å². The van der Waals surface area contributed by atoms with E-state index in [1.54, 1.807) is 11.9 Å². The Labute approximate surface area is 128 Å². The van der Waals surface area contributed by atoms with Gasteiger partial charge in [-0.15, -0.1) is 0 Å². The van der Waals surface area contributed by atoms with Crippen LogP contribution in [0.1, 0.15) is 52.9 Å². The summed E-state index contributed by atoms with van der Waals surface area (Å²) in [4.78, 5) is 26.5. The molecule has 2 rings (SSSR count). The van der Waals surface area contributed by atoms with Gasteiger partial charge < -0.3 is 9.64 Å². The van der Waals surface area contributed by atoms with Crippen LogP contribution in [0, 0.1) is 23.7 Å². The average Bonchev–Trinajstić information content (AvgIpc) is 2.45. The molecule has 4 nitrogen and oxygen atoms in total. The van der Waals surface area contributed by atoms with Crippen molar-refractivity contribution in [3.8, 4) is 0 Å². The largest absolute Gasteiger partial charge is 0.464 e. The van der Waals surface area contributed by atoms with Gasteiger partial charge in [-0.1, -0.05) is 27.2 Å². The van der Waals surface area contributed by atoms with Crippen molar-refractivity contribution in [1.82, 2.24) is 4.90 Å². The van der Waals surface area contributed by atoms with Crippen LogP contribution in [0.25, 0.3) is 0 Å². The van der Waals surface area contributed by atoms with Gasteiger partial charge in [-0.25, -0.2) is 4.79 Å². The van der Waals surface area contributed by atoms with Gasteiger partial charge in [0, 0.05) is 13.0 Å². The minimum atomic E-state index is -0.378. The quantitative estimate of drug-likeness (QED) is 0.752. The van der Waals surface area contributed by atoms with Crippen LogP contribution in [0.5, 0.6) is 0 Å². The van der Waals surface area contributed by atoms with Gasteiger partial charge in [-0.2, -0.15) is 0 Å². The highest BCUT2D eigenvalue weighted by Gasteiger charge is 2.40. The number of esters is 1. The third-order valence-corrected chi connectivity index (χ3v) is 5.29. The van der Waals surface area contributed by atoms with Crippen molar-refractivity contribution >= 4 is 11.9 Å². The van der Waals surface area contributed by atoms with Gasteiger partial charge in [-0.05, 0) is 43.4 Å². The maximum Gasteiger partial charge on any atom is 0.328 e. The topological polar surface area (TPSA) is 46.6 Å². The number of likely N-dealkylation sites (N-methyl/N-ethyl adjacent to an activating group) is 1. The first-order valence-corrected chi connectivity index (χ1v) is 8.35. The molecule has 1 aliphatic heterocycles. The molecule has 0 aromatic carbocycles. The van der Waals surface area contributed by atoms with Crippen molar-refractivity contribution in [2.45, 2.75) is 58.9 Å². The Bertz CT molecular complexity index is 393. The maximum absolute atomic E-state index is 12.9. The van der Waals surface area contributed by atoms with Crippen LogP contribution >= 0.6 is 0 Å². The highest BCUT2D eigenvalue weighted by molar-refractivity contribution is 5.86. The Morgan fingerprint density at radius 2 is 2.00 bits per heavy atom. The molecule has 1 heterocycles. The number of amides is 1. The first-order valence-electron chi connectivity index (χ1n) is 8.35. The number of rotatable bonds is 3. The molecule has 0 unspecified atom stereocenters. The van der Waals surface area contributed by atoms with Gasteiger partial charge in [0.15, 0.2) is 0 Å². The first-order chi connectivity index (χ1) is 9.91. The summed E-state index contributed by atoms with van der Waals surface area (Å²) < 4.78 is 5.11. The Morgan fingerprint density at radius 1 is 1.29 bits per heavy atom. The van der Waals surface area contributed by atoms with E-state index in [2.05, 4.69) is 20.8 Å². The lowest BCUT2D eigenvalue weighted by molar-refractivity contribution is -0.161. The van der Waals surface area contributed by atoms with Crippen molar-refractivity contribution in [1.29, 1.82) is 0 Å². The Kier molecular flexibility index (Phi) is 5.28. The summed E-state index contributed by atoms with van der Waals surface area (Å²) in [7, 11) is 1.77. The maximum atomic E-state index is 12.9. The molecule has 4 heteroatoms. The smallest absolute Gasteiger partial charge is 0.328 e. The molecular weight excluding hydrogens is 266 g/mol. The van der Waals surface area contributed by atoms with Crippen LogP contribution in [0.4, 0.5) is 0 Å². The number of hydrogen-bond donors (Lipinski definition) is 0. The van der Waals surface area contributed by atoms with Crippen molar-refractivity contribution in [3.63, 3.8) is 0 Å². The number of ether oxygens (including phenoxy) is 1. The number of nitrogens with zero attached hydrogens (tertiary/aromatic N) is 1. The van der Waals surface area contributed by atoms with E-state index in [1.165, 1.54) is 6.42 Å². The second kappa shape index (κ2) is 6.80. The van der Waals surface area contributed by atoms with E-state index < -0.39 is 0 Å². The zero-order chi connectivity index (χ0) is 15.6.